The molecule has 4 aliphatic carbocycles. The van der Waals surface area contributed by atoms with Gasteiger partial charge in [-0.05, 0) is 49.7 Å². The van der Waals surface area contributed by atoms with E-state index in [0.29, 0.717) is 24.7 Å². The lowest BCUT2D eigenvalue weighted by atomic mass is 9.51. The number of hydrogen-bond donors (Lipinski definition) is 3. The fourth-order valence-corrected chi connectivity index (χ4v) is 12.8. The number of esters is 1. The Hall–Kier alpha value is -1.50. The van der Waals surface area contributed by atoms with Gasteiger partial charge in [0.15, 0.2) is 23.1 Å². The summed E-state index contributed by atoms with van der Waals surface area (Å²) in [7, 11) is -4.71. The maximum absolute atomic E-state index is 14.3. The Morgan fingerprint density at radius 1 is 1.29 bits per heavy atom. The molecule has 4 saturated heterocycles. The molecule has 1 aromatic heterocycles. The summed E-state index contributed by atoms with van der Waals surface area (Å²) in [5.41, 5.74) is -10.3. The molecule has 1 aromatic rings. The van der Waals surface area contributed by atoms with E-state index >= 15 is 0 Å². The normalized spacial score (nSPS) is 57.4. The summed E-state index contributed by atoms with van der Waals surface area (Å²) in [5, 5.41) is 26.0. The minimum absolute atomic E-state index is 0.00140. The van der Waals surface area contributed by atoms with Crippen LogP contribution < -0.4 is 0 Å². The topological polar surface area (TPSA) is 146 Å². The highest BCUT2D eigenvalue weighted by atomic mass is 31.2. The summed E-state index contributed by atoms with van der Waals surface area (Å²) in [5.74, 6) is -3.32. The molecule has 3 N–H and O–H groups in total. The van der Waals surface area contributed by atoms with E-state index in [1.54, 1.807) is 39.1 Å². The highest BCUT2D eigenvalue weighted by Crippen LogP contribution is 2.96. The zero-order chi connectivity index (χ0) is 29.4. The molecule has 4 aliphatic heterocycles. The molecule has 11 nitrogen and oxygen atoms in total. The third kappa shape index (κ3) is 2.15. The van der Waals surface area contributed by atoms with Gasteiger partial charge in [0.05, 0.1) is 11.0 Å². The van der Waals surface area contributed by atoms with Crippen LogP contribution in [-0.4, -0.2) is 80.9 Å². The second-order valence-electron chi connectivity index (χ2n) is 13.9. The van der Waals surface area contributed by atoms with Gasteiger partial charge in [-0.2, -0.15) is 0 Å². The first-order chi connectivity index (χ1) is 19.0. The predicted molar refractivity (Wildman–Crippen MR) is 144 cm³/mol. The Balaban J connectivity index is 1.54. The molecule has 11 atom stereocenters. The van der Waals surface area contributed by atoms with Gasteiger partial charge in [0.25, 0.3) is 0 Å². The summed E-state index contributed by atoms with van der Waals surface area (Å²) in [6.07, 6.45) is 0.599. The van der Waals surface area contributed by atoms with E-state index in [1.165, 1.54) is 6.66 Å². The smallest absolute Gasteiger partial charge is 0.451 e. The summed E-state index contributed by atoms with van der Waals surface area (Å²) in [6, 6.07) is 3.27. The van der Waals surface area contributed by atoms with E-state index in [-0.39, 0.29) is 12.1 Å². The number of aromatic amines is 1. The third-order valence-corrected chi connectivity index (χ3v) is 13.6. The fourth-order valence-electron chi connectivity index (χ4n) is 11.2. The SMILES string of the molecule is C=C1CC[C@@]23OB(CC)O[C@@]45[C@H](OC(=O)c6ccc[nH]6)[C@](O)(C(C)C)[C@]6(C)[C@@]47O[P@](C)(=O)O[C@H]1[C@@]27O[C@@]6(O)C[C@@]35C. The Morgan fingerprint density at radius 2 is 2.02 bits per heavy atom. The number of carbonyl (C=O) groups is 1. The highest BCUT2D eigenvalue weighted by Gasteiger charge is 3.13. The maximum atomic E-state index is 14.3. The van der Waals surface area contributed by atoms with Crippen molar-refractivity contribution in [1.82, 2.24) is 4.98 Å². The van der Waals surface area contributed by atoms with Gasteiger partial charge in [0.1, 0.15) is 23.0 Å². The first-order valence-electron chi connectivity index (χ1n) is 14.5. The molecule has 4 saturated carbocycles. The number of ether oxygens (including phenoxy) is 2. The van der Waals surface area contributed by atoms with Crippen molar-refractivity contribution in [3.05, 3.63) is 36.2 Å². The maximum Gasteiger partial charge on any atom is 0.457 e. The molecule has 41 heavy (non-hydrogen) atoms. The summed E-state index contributed by atoms with van der Waals surface area (Å²) < 4.78 is 54.6. The molecule has 5 heterocycles. The second-order valence-corrected chi connectivity index (χ2v) is 15.9. The lowest BCUT2D eigenvalue weighted by molar-refractivity contribution is -0.385. The number of nitrogens with one attached hydrogen (secondary N) is 1. The van der Waals surface area contributed by atoms with Crippen molar-refractivity contribution in [2.45, 2.75) is 106 Å². The van der Waals surface area contributed by atoms with Crippen LogP contribution in [0.3, 0.4) is 0 Å². The van der Waals surface area contributed by atoms with Crippen molar-refractivity contribution in [1.29, 1.82) is 0 Å². The lowest BCUT2D eigenvalue weighted by Gasteiger charge is -2.65. The van der Waals surface area contributed by atoms with Crippen LogP contribution in [0.15, 0.2) is 30.5 Å². The van der Waals surface area contributed by atoms with E-state index < -0.39 is 83.4 Å². The van der Waals surface area contributed by atoms with E-state index in [1.807, 2.05) is 13.8 Å². The number of rotatable bonds is 4. The van der Waals surface area contributed by atoms with Gasteiger partial charge < -0.3 is 34.0 Å². The molecule has 0 unspecified atom stereocenters. The largest absolute Gasteiger partial charge is 0.457 e. The Morgan fingerprint density at radius 3 is 2.66 bits per heavy atom. The van der Waals surface area contributed by atoms with Crippen LogP contribution in [0.1, 0.15) is 64.4 Å². The number of aliphatic hydroxyl groups is 2. The quantitative estimate of drug-likeness (QED) is 0.207. The van der Waals surface area contributed by atoms with Gasteiger partial charge in [-0.3, -0.25) is 13.6 Å². The van der Waals surface area contributed by atoms with Gasteiger partial charge in [-0.25, -0.2) is 4.79 Å². The summed E-state index contributed by atoms with van der Waals surface area (Å²) in [6.45, 7) is 14.8. The van der Waals surface area contributed by atoms with Crippen LogP contribution in [0.4, 0.5) is 0 Å². The van der Waals surface area contributed by atoms with Crippen molar-refractivity contribution in [3.63, 3.8) is 0 Å². The monoisotopic (exact) mass is 589 g/mol. The van der Waals surface area contributed by atoms with Gasteiger partial charge in [0, 0.05) is 24.7 Å². The molecule has 222 valence electrons. The fraction of sp³-hybridized carbons (Fsp3) is 0.750. The van der Waals surface area contributed by atoms with E-state index in [4.69, 9.17) is 27.8 Å². The molecule has 4 spiro atoms. The zero-order valence-corrected chi connectivity index (χ0v) is 25.1. The third-order valence-electron chi connectivity index (χ3n) is 12.4. The van der Waals surface area contributed by atoms with Crippen LogP contribution in [0.2, 0.25) is 6.32 Å². The molecule has 9 rings (SSSR count). The Kier molecular flexibility index (Phi) is 4.67. The molecule has 8 fully saturated rings. The van der Waals surface area contributed by atoms with E-state index in [0.717, 1.165) is 0 Å². The summed E-state index contributed by atoms with van der Waals surface area (Å²) in [4.78, 5) is 16.7. The molecular formula is C28H37BNO10P. The van der Waals surface area contributed by atoms with Crippen molar-refractivity contribution < 1.29 is 47.4 Å². The van der Waals surface area contributed by atoms with Gasteiger partial charge in [0.2, 0.25) is 0 Å². The van der Waals surface area contributed by atoms with Crippen LogP contribution in [0.5, 0.6) is 0 Å². The molecule has 0 amide bonds. The second kappa shape index (κ2) is 7.07. The highest BCUT2D eigenvalue weighted by molar-refractivity contribution is 7.53. The molecular weight excluding hydrogens is 552 g/mol. The van der Waals surface area contributed by atoms with E-state index in [2.05, 4.69) is 11.6 Å². The van der Waals surface area contributed by atoms with Crippen LogP contribution in [0, 0.1) is 16.7 Å². The molecule has 0 aromatic carbocycles. The number of hydrogen-bond acceptors (Lipinski definition) is 10. The molecule has 7 bridgehead atoms. The lowest BCUT2D eigenvalue weighted by Crippen LogP contribution is -2.78. The average Bonchev–Trinajstić information content (AvgIpc) is 3.50. The molecule has 8 aliphatic rings. The van der Waals surface area contributed by atoms with Crippen molar-refractivity contribution in [2.75, 3.05) is 6.66 Å². The van der Waals surface area contributed by atoms with Crippen LogP contribution >= 0.6 is 7.60 Å². The first kappa shape index (κ1) is 27.1. The Bertz CT molecular complexity index is 1470. The zero-order valence-electron chi connectivity index (χ0n) is 24.2. The number of aromatic nitrogens is 1. The van der Waals surface area contributed by atoms with Crippen molar-refractivity contribution in [2.24, 2.45) is 16.7 Å². The standard InChI is InChI=1S/C28H37BNO10P/c1-8-29-38-23-12-11-16(4)18-26(23)28(40-41(7,34)36-18)22(6)24(32,37-26)14-21(23,5)27(28,39-29)20(25(22,33)15(2)3)35-19(31)17-10-9-13-30-17/h9-10,13,15,18,20,30,32-33H,4,8,11-12,14H2,1-3,5-7H3/t18-,20-,21+,22-,23+,24+,25-,26-,27-,28+,41-/m1/s1. The minimum atomic E-state index is -3.91. The first-order valence-corrected chi connectivity index (χ1v) is 16.5. The van der Waals surface area contributed by atoms with Crippen molar-refractivity contribution >= 4 is 20.7 Å². The Labute approximate surface area is 238 Å². The van der Waals surface area contributed by atoms with Gasteiger partial charge in [-0.15, -0.1) is 0 Å². The number of H-pyrrole nitrogens is 1. The number of carbonyl (C=O) groups excluding carboxylic acids is 1. The summed E-state index contributed by atoms with van der Waals surface area (Å²) >= 11 is 0. The van der Waals surface area contributed by atoms with Gasteiger partial charge >= 0.3 is 20.7 Å². The van der Waals surface area contributed by atoms with Crippen LogP contribution in [0.25, 0.3) is 0 Å². The van der Waals surface area contributed by atoms with Crippen LogP contribution in [-0.2, 0) is 32.4 Å². The minimum Gasteiger partial charge on any atom is -0.451 e. The molecule has 0 radical (unpaired) electrons. The van der Waals surface area contributed by atoms with Crippen molar-refractivity contribution in [3.8, 4) is 0 Å². The van der Waals surface area contributed by atoms with E-state index in [9.17, 15) is 19.6 Å². The predicted octanol–water partition coefficient (Wildman–Crippen LogP) is 3.19. The van der Waals surface area contributed by atoms with Gasteiger partial charge in [-0.1, -0.05) is 34.3 Å². The molecule has 13 heteroatoms. The average molecular weight is 589 g/mol.